The molecule has 0 aliphatic rings. The lowest BCUT2D eigenvalue weighted by Crippen LogP contribution is -1.87. The zero-order valence-corrected chi connectivity index (χ0v) is 8.32. The van der Waals surface area contributed by atoms with Gasteiger partial charge in [0, 0.05) is 23.5 Å². The third-order valence-corrected chi connectivity index (χ3v) is 2.26. The minimum atomic E-state index is 0.625. The van der Waals surface area contributed by atoms with Gasteiger partial charge in [0.15, 0.2) is 0 Å². The van der Waals surface area contributed by atoms with Crippen LogP contribution in [0, 0.1) is 11.3 Å². The van der Waals surface area contributed by atoms with Gasteiger partial charge in [-0.2, -0.15) is 5.26 Å². The zero-order chi connectivity index (χ0) is 10.7. The van der Waals surface area contributed by atoms with E-state index < -0.39 is 0 Å². The Labute approximate surface area is 87.9 Å². The Morgan fingerprint density at radius 1 is 1.20 bits per heavy atom. The topological polar surface area (TPSA) is 48.8 Å². The quantitative estimate of drug-likeness (QED) is 0.806. The van der Waals surface area contributed by atoms with Crippen molar-refractivity contribution in [1.29, 1.82) is 5.26 Å². The molecule has 3 nitrogen and oxygen atoms in total. The van der Waals surface area contributed by atoms with Crippen molar-refractivity contribution in [2.24, 2.45) is 0 Å². The third kappa shape index (κ3) is 1.57. The molecule has 0 bridgehead atoms. The van der Waals surface area contributed by atoms with E-state index in [-0.39, 0.29) is 0 Å². The number of H-pyrrole nitrogens is 1. The fraction of sp³-hybridized carbons (Fsp3) is 0.0833. The van der Waals surface area contributed by atoms with Gasteiger partial charge < -0.3 is 9.72 Å². The molecule has 0 unspecified atom stereocenters. The number of ether oxygens (including phenoxy) is 1. The van der Waals surface area contributed by atoms with Gasteiger partial charge in [0.05, 0.1) is 12.7 Å². The summed E-state index contributed by atoms with van der Waals surface area (Å²) in [6.07, 6.45) is 3.48. The van der Waals surface area contributed by atoms with Crippen molar-refractivity contribution in [2.75, 3.05) is 7.11 Å². The van der Waals surface area contributed by atoms with Gasteiger partial charge in [-0.05, 0) is 6.07 Å². The molecule has 0 aliphatic heterocycles. The number of methoxy groups -OCH3 is 1. The van der Waals surface area contributed by atoms with E-state index in [0.29, 0.717) is 5.56 Å². The fourth-order valence-corrected chi connectivity index (χ4v) is 1.55. The first-order valence-electron chi connectivity index (χ1n) is 4.57. The molecule has 1 heterocycles. The Bertz CT molecular complexity index is 508. The molecule has 0 saturated heterocycles. The van der Waals surface area contributed by atoms with E-state index in [2.05, 4.69) is 11.1 Å². The van der Waals surface area contributed by atoms with Crippen LogP contribution in [0.1, 0.15) is 5.56 Å². The molecule has 74 valence electrons. The number of benzene rings is 1. The minimum absolute atomic E-state index is 0.625. The van der Waals surface area contributed by atoms with E-state index in [1.165, 1.54) is 0 Å². The number of hydrogen-bond acceptors (Lipinski definition) is 2. The predicted molar refractivity (Wildman–Crippen MR) is 57.5 cm³/mol. The summed E-state index contributed by atoms with van der Waals surface area (Å²) in [6.45, 7) is 0. The summed E-state index contributed by atoms with van der Waals surface area (Å²) in [4.78, 5) is 2.92. The van der Waals surface area contributed by atoms with Crippen LogP contribution in [0.2, 0.25) is 0 Å². The van der Waals surface area contributed by atoms with E-state index in [0.717, 1.165) is 16.9 Å². The largest absolute Gasteiger partial charge is 0.496 e. The summed E-state index contributed by atoms with van der Waals surface area (Å²) in [5.41, 5.74) is 2.42. The second kappa shape index (κ2) is 3.89. The smallest absolute Gasteiger partial charge is 0.126 e. The third-order valence-electron chi connectivity index (χ3n) is 2.26. The Balaban J connectivity index is 2.59. The number of para-hydroxylation sites is 1. The van der Waals surface area contributed by atoms with Crippen LogP contribution in [-0.2, 0) is 0 Å². The monoisotopic (exact) mass is 198 g/mol. The predicted octanol–water partition coefficient (Wildman–Crippen LogP) is 2.56. The van der Waals surface area contributed by atoms with Gasteiger partial charge in [-0.25, -0.2) is 0 Å². The van der Waals surface area contributed by atoms with Gasteiger partial charge in [-0.1, -0.05) is 18.2 Å². The molecule has 3 heteroatoms. The van der Waals surface area contributed by atoms with Crippen LogP contribution in [0.15, 0.2) is 36.7 Å². The van der Waals surface area contributed by atoms with Crippen LogP contribution in [0.25, 0.3) is 11.1 Å². The fourth-order valence-electron chi connectivity index (χ4n) is 1.55. The number of nitrogens with zero attached hydrogens (tertiary/aromatic N) is 1. The van der Waals surface area contributed by atoms with Crippen LogP contribution in [0.5, 0.6) is 5.75 Å². The number of nitriles is 1. The molecular weight excluding hydrogens is 188 g/mol. The van der Waals surface area contributed by atoms with Crippen LogP contribution >= 0.6 is 0 Å². The van der Waals surface area contributed by atoms with Crippen LogP contribution in [0.4, 0.5) is 0 Å². The molecule has 0 atom stereocenters. The first-order valence-corrected chi connectivity index (χ1v) is 4.57. The molecule has 0 spiro atoms. The van der Waals surface area contributed by atoms with Crippen molar-refractivity contribution in [3.8, 4) is 22.9 Å². The standard InChI is InChI=1S/C12H10N2O/c1-15-12-5-3-2-4-10(12)11-8-14-7-9(11)6-13/h2-5,7-8,14H,1H3. The summed E-state index contributed by atoms with van der Waals surface area (Å²) >= 11 is 0. The average molecular weight is 198 g/mol. The first kappa shape index (κ1) is 9.35. The second-order valence-corrected chi connectivity index (χ2v) is 3.09. The molecule has 0 amide bonds. The van der Waals surface area contributed by atoms with Gasteiger partial charge in [-0.15, -0.1) is 0 Å². The normalized spacial score (nSPS) is 9.60. The van der Waals surface area contributed by atoms with Crippen molar-refractivity contribution < 1.29 is 4.74 Å². The SMILES string of the molecule is COc1ccccc1-c1c[nH]cc1C#N. The molecule has 1 aromatic heterocycles. The number of aromatic amines is 1. The molecule has 0 radical (unpaired) electrons. The van der Waals surface area contributed by atoms with E-state index in [1.807, 2.05) is 24.3 Å². The molecule has 1 aromatic carbocycles. The lowest BCUT2D eigenvalue weighted by Gasteiger charge is -2.06. The highest BCUT2D eigenvalue weighted by Crippen LogP contribution is 2.31. The highest BCUT2D eigenvalue weighted by Gasteiger charge is 2.09. The lowest BCUT2D eigenvalue weighted by molar-refractivity contribution is 0.416. The van der Waals surface area contributed by atoms with Crippen LogP contribution in [0.3, 0.4) is 0 Å². The summed E-state index contributed by atoms with van der Waals surface area (Å²) in [5, 5.41) is 8.92. The number of nitrogens with one attached hydrogen (secondary N) is 1. The van der Waals surface area contributed by atoms with E-state index >= 15 is 0 Å². The Hall–Kier alpha value is -2.21. The van der Waals surface area contributed by atoms with Gasteiger partial charge in [0.2, 0.25) is 0 Å². The van der Waals surface area contributed by atoms with E-state index in [9.17, 15) is 0 Å². The van der Waals surface area contributed by atoms with Gasteiger partial charge >= 0.3 is 0 Å². The Morgan fingerprint density at radius 3 is 2.73 bits per heavy atom. The average Bonchev–Trinajstić information content (AvgIpc) is 2.76. The maximum absolute atomic E-state index is 8.92. The summed E-state index contributed by atoms with van der Waals surface area (Å²) in [5.74, 6) is 0.772. The second-order valence-electron chi connectivity index (χ2n) is 3.09. The van der Waals surface area contributed by atoms with Crippen LogP contribution in [-0.4, -0.2) is 12.1 Å². The molecular formula is C12H10N2O. The van der Waals surface area contributed by atoms with Crippen molar-refractivity contribution in [3.05, 3.63) is 42.2 Å². The number of aromatic nitrogens is 1. The lowest BCUT2D eigenvalue weighted by atomic mass is 10.0. The highest BCUT2D eigenvalue weighted by molar-refractivity contribution is 5.75. The van der Waals surface area contributed by atoms with Gasteiger partial charge in [0.1, 0.15) is 11.8 Å². The van der Waals surface area contributed by atoms with Crippen molar-refractivity contribution in [1.82, 2.24) is 4.98 Å². The van der Waals surface area contributed by atoms with Crippen LogP contribution < -0.4 is 4.74 Å². The number of rotatable bonds is 2. The summed E-state index contributed by atoms with van der Waals surface area (Å²) in [7, 11) is 1.62. The molecule has 0 fully saturated rings. The summed E-state index contributed by atoms with van der Waals surface area (Å²) in [6, 6.07) is 9.78. The molecule has 0 aliphatic carbocycles. The molecule has 1 N–H and O–H groups in total. The Kier molecular flexibility index (Phi) is 2.42. The maximum Gasteiger partial charge on any atom is 0.126 e. The minimum Gasteiger partial charge on any atom is -0.496 e. The molecule has 2 rings (SSSR count). The van der Waals surface area contributed by atoms with E-state index in [4.69, 9.17) is 10.00 Å². The molecule has 15 heavy (non-hydrogen) atoms. The van der Waals surface area contributed by atoms with Gasteiger partial charge in [-0.3, -0.25) is 0 Å². The Morgan fingerprint density at radius 2 is 2.00 bits per heavy atom. The molecule has 0 saturated carbocycles. The van der Waals surface area contributed by atoms with Gasteiger partial charge in [0.25, 0.3) is 0 Å². The highest BCUT2D eigenvalue weighted by atomic mass is 16.5. The number of hydrogen-bond donors (Lipinski definition) is 1. The maximum atomic E-state index is 8.92. The summed E-state index contributed by atoms with van der Waals surface area (Å²) < 4.78 is 5.25. The van der Waals surface area contributed by atoms with E-state index in [1.54, 1.807) is 19.5 Å². The molecule has 2 aromatic rings. The van der Waals surface area contributed by atoms with Crippen molar-refractivity contribution >= 4 is 0 Å². The zero-order valence-electron chi connectivity index (χ0n) is 8.32. The first-order chi connectivity index (χ1) is 7.36. The van der Waals surface area contributed by atoms with Crippen molar-refractivity contribution in [2.45, 2.75) is 0 Å². The van der Waals surface area contributed by atoms with Crippen molar-refractivity contribution in [3.63, 3.8) is 0 Å².